The smallest absolute Gasteiger partial charge is 0.326 e. The van der Waals surface area contributed by atoms with Crippen molar-refractivity contribution in [2.24, 2.45) is 22.2 Å². The number of aliphatic carboxylic acids is 1. The molecule has 0 aliphatic heterocycles. The van der Waals surface area contributed by atoms with E-state index >= 15 is 0 Å². The summed E-state index contributed by atoms with van der Waals surface area (Å²) in [5.74, 6) is -3.57. The van der Waals surface area contributed by atoms with Crippen LogP contribution in [0.5, 0.6) is 0 Å². The van der Waals surface area contributed by atoms with Gasteiger partial charge in [-0.3, -0.25) is 19.4 Å². The number of nitrogens with two attached hydrogens (primary N) is 3. The molecule has 5 unspecified atom stereocenters. The van der Waals surface area contributed by atoms with Crippen molar-refractivity contribution in [3.8, 4) is 0 Å². The van der Waals surface area contributed by atoms with Crippen LogP contribution in [0.2, 0.25) is 0 Å². The Labute approximate surface area is 203 Å². The fourth-order valence-electron chi connectivity index (χ4n) is 3.03. The number of benzene rings is 1. The van der Waals surface area contributed by atoms with Crippen molar-refractivity contribution in [1.29, 1.82) is 0 Å². The monoisotopic (exact) mass is 493 g/mol. The van der Waals surface area contributed by atoms with E-state index in [1.165, 1.54) is 13.8 Å². The van der Waals surface area contributed by atoms with Crippen molar-refractivity contribution >= 4 is 29.7 Å². The van der Waals surface area contributed by atoms with Crippen molar-refractivity contribution in [2.45, 2.75) is 63.4 Å². The van der Waals surface area contributed by atoms with Crippen LogP contribution in [-0.2, 0) is 25.6 Å². The summed E-state index contributed by atoms with van der Waals surface area (Å²) in [5.41, 5.74) is 17.0. The Morgan fingerprint density at radius 2 is 1.60 bits per heavy atom. The van der Waals surface area contributed by atoms with Crippen LogP contribution in [0.1, 0.15) is 32.3 Å². The van der Waals surface area contributed by atoms with Crippen LogP contribution in [0.15, 0.2) is 35.3 Å². The number of carboxylic acid groups (broad SMARTS) is 1. The van der Waals surface area contributed by atoms with Gasteiger partial charge in [0, 0.05) is 13.0 Å². The van der Waals surface area contributed by atoms with Crippen LogP contribution < -0.4 is 33.2 Å². The van der Waals surface area contributed by atoms with Crippen molar-refractivity contribution in [3.63, 3.8) is 0 Å². The molecular formula is C22H35N7O6. The fourth-order valence-corrected chi connectivity index (χ4v) is 3.03. The Balaban J connectivity index is 2.68. The molecule has 0 saturated heterocycles. The largest absolute Gasteiger partial charge is 0.480 e. The molecule has 194 valence electrons. The minimum atomic E-state index is -1.39. The fraction of sp³-hybridized carbons (Fsp3) is 0.500. The second kappa shape index (κ2) is 14.5. The molecule has 0 radical (unpaired) electrons. The number of rotatable bonds is 14. The molecule has 1 rings (SSSR count). The van der Waals surface area contributed by atoms with E-state index in [1.807, 2.05) is 0 Å². The maximum atomic E-state index is 12.6. The quantitative estimate of drug-likeness (QED) is 0.0778. The van der Waals surface area contributed by atoms with Gasteiger partial charge in [-0.25, -0.2) is 4.79 Å². The van der Waals surface area contributed by atoms with Gasteiger partial charge < -0.3 is 43.4 Å². The SMILES string of the molecule is CC(NC(=O)C(NC(=O)C(N)CCCN=C(N)N)C(C)O)C(=O)NC(Cc1ccccc1)C(=O)O. The van der Waals surface area contributed by atoms with Gasteiger partial charge in [-0.05, 0) is 32.3 Å². The first-order valence-electron chi connectivity index (χ1n) is 11.1. The minimum absolute atomic E-state index is 0.0516. The molecule has 1 aromatic rings. The van der Waals surface area contributed by atoms with E-state index in [-0.39, 0.29) is 25.3 Å². The normalized spacial score (nSPS) is 15.0. The lowest BCUT2D eigenvalue weighted by atomic mass is 10.1. The molecule has 0 saturated carbocycles. The summed E-state index contributed by atoms with van der Waals surface area (Å²) in [4.78, 5) is 52.9. The highest BCUT2D eigenvalue weighted by atomic mass is 16.4. The van der Waals surface area contributed by atoms with E-state index in [1.54, 1.807) is 30.3 Å². The number of nitrogens with one attached hydrogen (secondary N) is 3. The highest BCUT2D eigenvalue weighted by molar-refractivity contribution is 5.94. The molecule has 0 aliphatic rings. The van der Waals surface area contributed by atoms with E-state index in [2.05, 4.69) is 20.9 Å². The number of guanidine groups is 1. The summed E-state index contributed by atoms with van der Waals surface area (Å²) in [5, 5.41) is 26.6. The van der Waals surface area contributed by atoms with Gasteiger partial charge in [0.2, 0.25) is 17.7 Å². The number of nitrogens with zero attached hydrogens (tertiary/aromatic N) is 1. The van der Waals surface area contributed by atoms with E-state index in [4.69, 9.17) is 17.2 Å². The van der Waals surface area contributed by atoms with E-state index in [0.29, 0.717) is 12.0 Å². The van der Waals surface area contributed by atoms with E-state index in [0.717, 1.165) is 0 Å². The molecule has 0 spiro atoms. The number of aliphatic hydroxyl groups is 1. The van der Waals surface area contributed by atoms with E-state index < -0.39 is 54.0 Å². The lowest BCUT2D eigenvalue weighted by Crippen LogP contribution is -2.59. The highest BCUT2D eigenvalue weighted by Crippen LogP contribution is 2.05. The molecule has 0 fully saturated rings. The predicted molar refractivity (Wildman–Crippen MR) is 129 cm³/mol. The number of hydrogen-bond donors (Lipinski definition) is 8. The first-order valence-corrected chi connectivity index (χ1v) is 11.1. The maximum absolute atomic E-state index is 12.6. The number of carboxylic acids is 1. The Hall–Kier alpha value is -3.71. The van der Waals surface area contributed by atoms with Crippen molar-refractivity contribution in [3.05, 3.63) is 35.9 Å². The van der Waals surface area contributed by atoms with Crippen LogP contribution in [0.3, 0.4) is 0 Å². The summed E-state index contributed by atoms with van der Waals surface area (Å²) >= 11 is 0. The molecule has 0 bridgehead atoms. The number of aliphatic hydroxyl groups excluding tert-OH is 1. The molecule has 0 heterocycles. The Morgan fingerprint density at radius 1 is 0.971 bits per heavy atom. The summed E-state index contributed by atoms with van der Waals surface area (Å²) < 4.78 is 0. The zero-order chi connectivity index (χ0) is 26.5. The van der Waals surface area contributed by atoms with Crippen molar-refractivity contribution in [2.75, 3.05) is 6.54 Å². The molecule has 3 amide bonds. The Bertz CT molecular complexity index is 890. The molecule has 0 aliphatic carbocycles. The first kappa shape index (κ1) is 29.3. The summed E-state index contributed by atoms with van der Waals surface area (Å²) in [6.07, 6.45) is -0.597. The van der Waals surface area contributed by atoms with Crippen LogP contribution >= 0.6 is 0 Å². The van der Waals surface area contributed by atoms with Crippen LogP contribution in [0.4, 0.5) is 0 Å². The Morgan fingerprint density at radius 3 is 2.14 bits per heavy atom. The van der Waals surface area contributed by atoms with Gasteiger partial charge in [0.25, 0.3) is 0 Å². The van der Waals surface area contributed by atoms with Gasteiger partial charge in [-0.2, -0.15) is 0 Å². The van der Waals surface area contributed by atoms with Gasteiger partial charge in [-0.1, -0.05) is 30.3 Å². The number of aliphatic imine (C=N–C) groups is 1. The number of hydrogen-bond acceptors (Lipinski definition) is 7. The van der Waals surface area contributed by atoms with E-state index in [9.17, 15) is 29.4 Å². The number of amides is 3. The zero-order valence-corrected chi connectivity index (χ0v) is 19.8. The minimum Gasteiger partial charge on any atom is -0.480 e. The Kier molecular flexibility index (Phi) is 12.2. The third kappa shape index (κ3) is 10.8. The molecule has 0 aromatic heterocycles. The molecule has 11 N–H and O–H groups in total. The number of carbonyl (C=O) groups excluding carboxylic acids is 3. The van der Waals surface area contributed by atoms with Crippen LogP contribution in [0.25, 0.3) is 0 Å². The second-order valence-corrected chi connectivity index (χ2v) is 8.10. The third-order valence-electron chi connectivity index (χ3n) is 5.02. The third-order valence-corrected chi connectivity index (χ3v) is 5.02. The molecule has 13 heteroatoms. The second-order valence-electron chi connectivity index (χ2n) is 8.10. The first-order chi connectivity index (χ1) is 16.4. The lowest BCUT2D eigenvalue weighted by Gasteiger charge is -2.25. The van der Waals surface area contributed by atoms with Gasteiger partial charge >= 0.3 is 5.97 Å². The maximum Gasteiger partial charge on any atom is 0.326 e. The average Bonchev–Trinajstić information content (AvgIpc) is 2.79. The van der Waals surface area contributed by atoms with Gasteiger partial charge in [0.15, 0.2) is 5.96 Å². The summed E-state index contributed by atoms with van der Waals surface area (Å²) in [6.45, 7) is 2.92. The van der Waals surface area contributed by atoms with Gasteiger partial charge in [-0.15, -0.1) is 0 Å². The predicted octanol–water partition coefficient (Wildman–Crippen LogP) is -2.45. The lowest BCUT2D eigenvalue weighted by molar-refractivity contribution is -0.142. The topological polar surface area (TPSA) is 235 Å². The summed E-state index contributed by atoms with van der Waals surface area (Å²) in [7, 11) is 0. The van der Waals surface area contributed by atoms with Gasteiger partial charge in [0.1, 0.15) is 18.1 Å². The highest BCUT2D eigenvalue weighted by Gasteiger charge is 2.30. The van der Waals surface area contributed by atoms with Crippen LogP contribution in [-0.4, -0.2) is 76.7 Å². The summed E-state index contributed by atoms with van der Waals surface area (Å²) in [6, 6.07) is 4.02. The molecular weight excluding hydrogens is 458 g/mol. The molecule has 35 heavy (non-hydrogen) atoms. The van der Waals surface area contributed by atoms with Crippen molar-refractivity contribution < 1.29 is 29.4 Å². The zero-order valence-electron chi connectivity index (χ0n) is 19.8. The van der Waals surface area contributed by atoms with Gasteiger partial charge in [0.05, 0.1) is 12.1 Å². The number of carbonyl (C=O) groups is 4. The molecule has 5 atom stereocenters. The molecule has 1 aromatic carbocycles. The average molecular weight is 494 g/mol. The van der Waals surface area contributed by atoms with Crippen molar-refractivity contribution in [1.82, 2.24) is 16.0 Å². The van der Waals surface area contributed by atoms with Crippen LogP contribution in [0, 0.1) is 0 Å². The molecule has 13 nitrogen and oxygen atoms in total. The standard InChI is InChI=1S/C22H35N7O6/c1-12(18(31)28-16(21(34)35)11-14-7-4-3-5-8-14)27-20(33)17(13(2)30)29-19(32)15(23)9-6-10-26-22(24)25/h3-5,7-8,12-13,15-17,30H,6,9-11,23H2,1-2H3,(H,27,33)(H,28,31)(H,29,32)(H,34,35)(H4,24,25,26).